The topological polar surface area (TPSA) is 64.4 Å². The Kier molecular flexibility index (Phi) is 3.31. The van der Waals surface area contributed by atoms with Gasteiger partial charge in [-0.05, 0) is 12.1 Å². The molecule has 2 heterocycles. The maximum Gasteiger partial charge on any atom is 0.187 e. The molecule has 2 aromatic heterocycles. The molecule has 0 unspecified atom stereocenters. The van der Waals surface area contributed by atoms with Crippen LogP contribution in [-0.4, -0.2) is 34.0 Å². The summed E-state index contributed by atoms with van der Waals surface area (Å²) in [7, 11) is 3.26. The second-order valence-corrected chi connectivity index (χ2v) is 6.20. The fourth-order valence-electron chi connectivity index (χ4n) is 2.32. The molecule has 0 aliphatic carbocycles. The quantitative estimate of drug-likeness (QED) is 0.807. The number of aromatic amines is 1. The van der Waals surface area contributed by atoms with Crippen molar-refractivity contribution >= 4 is 5.65 Å². The minimum absolute atomic E-state index is 0.0158. The molecule has 0 saturated carbocycles. The Bertz CT molecular complexity index is 811. The fourth-order valence-corrected chi connectivity index (χ4v) is 2.32. The van der Waals surface area contributed by atoms with Gasteiger partial charge in [0.15, 0.2) is 11.5 Å². The molecule has 0 aliphatic heterocycles. The summed E-state index contributed by atoms with van der Waals surface area (Å²) in [4.78, 5) is 0. The number of nitrogens with zero attached hydrogens (tertiary/aromatic N) is 3. The Morgan fingerprint density at radius 2 is 1.82 bits per heavy atom. The van der Waals surface area contributed by atoms with Crippen LogP contribution in [0.5, 0.6) is 11.5 Å². The minimum atomic E-state index is 0.0158. The Labute approximate surface area is 129 Å². The number of rotatable bonds is 3. The molecule has 1 N–H and O–H groups in total. The van der Waals surface area contributed by atoms with Gasteiger partial charge in [-0.25, -0.2) is 4.52 Å². The molecule has 22 heavy (non-hydrogen) atoms. The molecule has 0 bridgehead atoms. The predicted molar refractivity (Wildman–Crippen MR) is 84.6 cm³/mol. The molecule has 0 aliphatic rings. The van der Waals surface area contributed by atoms with Crippen molar-refractivity contribution in [2.45, 2.75) is 26.2 Å². The molecule has 116 valence electrons. The van der Waals surface area contributed by atoms with Gasteiger partial charge in [0.1, 0.15) is 11.5 Å². The second kappa shape index (κ2) is 5.05. The highest BCUT2D eigenvalue weighted by Crippen LogP contribution is 2.33. The fraction of sp³-hybridized carbons (Fsp3) is 0.375. The van der Waals surface area contributed by atoms with Crippen molar-refractivity contribution in [3.63, 3.8) is 0 Å². The van der Waals surface area contributed by atoms with Crippen LogP contribution in [0.3, 0.4) is 0 Å². The number of H-pyrrole nitrogens is 1. The van der Waals surface area contributed by atoms with Crippen molar-refractivity contribution in [1.82, 2.24) is 19.8 Å². The van der Waals surface area contributed by atoms with Crippen LogP contribution in [0.25, 0.3) is 17.0 Å². The van der Waals surface area contributed by atoms with E-state index in [1.54, 1.807) is 14.2 Å². The van der Waals surface area contributed by atoms with E-state index in [9.17, 15) is 0 Å². The molecule has 6 nitrogen and oxygen atoms in total. The molecule has 0 spiro atoms. The number of methoxy groups -OCH3 is 2. The smallest absolute Gasteiger partial charge is 0.187 e. The summed E-state index contributed by atoms with van der Waals surface area (Å²) in [6.07, 6.45) is 0. The Hall–Kier alpha value is -2.50. The van der Waals surface area contributed by atoms with E-state index < -0.39 is 0 Å². The molecule has 0 fully saturated rings. The van der Waals surface area contributed by atoms with Crippen molar-refractivity contribution in [3.8, 4) is 22.9 Å². The van der Waals surface area contributed by atoms with Crippen LogP contribution in [0.1, 0.15) is 26.5 Å². The van der Waals surface area contributed by atoms with Gasteiger partial charge in [0.05, 0.1) is 19.8 Å². The van der Waals surface area contributed by atoms with E-state index in [4.69, 9.17) is 9.47 Å². The third-order valence-corrected chi connectivity index (χ3v) is 3.65. The molecule has 0 radical (unpaired) electrons. The van der Waals surface area contributed by atoms with E-state index in [0.717, 1.165) is 22.7 Å². The first-order chi connectivity index (χ1) is 10.4. The molecule has 6 heteroatoms. The number of fused-ring (bicyclic) bond motifs is 1. The largest absolute Gasteiger partial charge is 0.497 e. The predicted octanol–water partition coefficient (Wildman–Crippen LogP) is 3.04. The monoisotopic (exact) mass is 300 g/mol. The van der Waals surface area contributed by atoms with Crippen molar-refractivity contribution in [3.05, 3.63) is 30.0 Å². The van der Waals surface area contributed by atoms with Gasteiger partial charge >= 0.3 is 0 Å². The van der Waals surface area contributed by atoms with Crippen LogP contribution in [0.2, 0.25) is 0 Å². The number of nitrogens with one attached hydrogen (secondary N) is 1. The van der Waals surface area contributed by atoms with Crippen LogP contribution < -0.4 is 9.47 Å². The first kappa shape index (κ1) is 14.4. The maximum atomic E-state index is 5.46. The van der Waals surface area contributed by atoms with Crippen LogP contribution >= 0.6 is 0 Å². The van der Waals surface area contributed by atoms with Gasteiger partial charge in [0.25, 0.3) is 0 Å². The van der Waals surface area contributed by atoms with Crippen molar-refractivity contribution in [2.75, 3.05) is 14.2 Å². The van der Waals surface area contributed by atoms with E-state index in [1.807, 2.05) is 28.8 Å². The highest BCUT2D eigenvalue weighted by Gasteiger charge is 2.20. The van der Waals surface area contributed by atoms with Gasteiger partial charge < -0.3 is 9.47 Å². The number of aromatic nitrogens is 4. The summed E-state index contributed by atoms with van der Waals surface area (Å²) >= 11 is 0. The number of ether oxygens (including phenoxy) is 2. The zero-order chi connectivity index (χ0) is 15.9. The number of benzene rings is 1. The molecular formula is C16H20N4O2. The summed E-state index contributed by atoms with van der Waals surface area (Å²) in [6, 6.07) is 7.66. The average molecular weight is 300 g/mol. The van der Waals surface area contributed by atoms with Crippen molar-refractivity contribution < 1.29 is 9.47 Å². The summed E-state index contributed by atoms with van der Waals surface area (Å²) in [5.74, 6) is 2.15. The highest BCUT2D eigenvalue weighted by molar-refractivity contribution is 5.68. The lowest BCUT2D eigenvalue weighted by Crippen LogP contribution is -2.12. The number of hydrogen-bond donors (Lipinski definition) is 1. The normalized spacial score (nSPS) is 11.9. The Morgan fingerprint density at radius 1 is 1.05 bits per heavy atom. The first-order valence-corrected chi connectivity index (χ1v) is 7.11. The lowest BCUT2D eigenvalue weighted by Gasteiger charge is -2.15. The summed E-state index contributed by atoms with van der Waals surface area (Å²) < 4.78 is 12.6. The minimum Gasteiger partial charge on any atom is -0.497 e. The summed E-state index contributed by atoms with van der Waals surface area (Å²) in [6.45, 7) is 6.46. The van der Waals surface area contributed by atoms with Gasteiger partial charge in [-0.3, -0.25) is 5.10 Å². The summed E-state index contributed by atoms with van der Waals surface area (Å²) in [5, 5.41) is 11.9. The lowest BCUT2D eigenvalue weighted by molar-refractivity contribution is 0.395. The van der Waals surface area contributed by atoms with Crippen LogP contribution in [0, 0.1) is 0 Å². The second-order valence-electron chi connectivity index (χ2n) is 6.20. The van der Waals surface area contributed by atoms with Crippen molar-refractivity contribution in [2.24, 2.45) is 0 Å². The van der Waals surface area contributed by atoms with E-state index in [-0.39, 0.29) is 5.41 Å². The average Bonchev–Trinajstić information content (AvgIpc) is 3.06. The van der Waals surface area contributed by atoms with E-state index in [0.29, 0.717) is 11.6 Å². The molecule has 0 atom stereocenters. The zero-order valence-corrected chi connectivity index (χ0v) is 13.5. The molecular weight excluding hydrogens is 280 g/mol. The van der Waals surface area contributed by atoms with Crippen LogP contribution in [0.15, 0.2) is 24.3 Å². The third kappa shape index (κ3) is 2.30. The van der Waals surface area contributed by atoms with E-state index in [2.05, 4.69) is 36.1 Å². The highest BCUT2D eigenvalue weighted by atomic mass is 16.5. The van der Waals surface area contributed by atoms with Gasteiger partial charge in [-0.2, -0.15) is 0 Å². The molecule has 3 aromatic rings. The Morgan fingerprint density at radius 3 is 2.45 bits per heavy atom. The van der Waals surface area contributed by atoms with Crippen LogP contribution in [0.4, 0.5) is 0 Å². The number of hydrogen-bond acceptors (Lipinski definition) is 4. The van der Waals surface area contributed by atoms with Gasteiger partial charge in [-0.15, -0.1) is 10.2 Å². The van der Waals surface area contributed by atoms with E-state index >= 15 is 0 Å². The zero-order valence-electron chi connectivity index (χ0n) is 13.5. The summed E-state index contributed by atoms with van der Waals surface area (Å²) in [5.41, 5.74) is 2.77. The molecule has 3 rings (SSSR count). The SMILES string of the molecule is COc1ccc(-c2nnc3cc(C(C)(C)C)[nH]n23)c(OC)c1. The standard InChI is InChI=1S/C16H20N4O2/c1-16(2,3)13-9-14-17-18-15(20(14)19-13)11-7-6-10(21-4)8-12(11)22-5/h6-9,19H,1-5H3. The lowest BCUT2D eigenvalue weighted by atomic mass is 9.93. The molecule has 0 saturated heterocycles. The van der Waals surface area contributed by atoms with Gasteiger partial charge in [-0.1, -0.05) is 20.8 Å². The van der Waals surface area contributed by atoms with Gasteiger partial charge in [0.2, 0.25) is 0 Å². The van der Waals surface area contributed by atoms with E-state index in [1.165, 1.54) is 0 Å². The molecule has 1 aromatic carbocycles. The van der Waals surface area contributed by atoms with Crippen LogP contribution in [-0.2, 0) is 5.41 Å². The van der Waals surface area contributed by atoms with Gasteiger partial charge in [0, 0.05) is 23.2 Å². The maximum absolute atomic E-state index is 5.46. The Balaban J connectivity index is 2.16. The first-order valence-electron chi connectivity index (χ1n) is 7.11. The third-order valence-electron chi connectivity index (χ3n) is 3.65. The van der Waals surface area contributed by atoms with Crippen molar-refractivity contribution in [1.29, 1.82) is 0 Å². The molecule has 0 amide bonds.